The van der Waals surface area contributed by atoms with Crippen molar-refractivity contribution in [2.45, 2.75) is 33.6 Å². The standard InChI is InChI=1S/C16H12N2O2.C10H11NO/c1-12(13-2-6-15(7-3-13)19-10-17)14-4-8-16(9-5-14)20-11-18;1-7-4-8(2)10(12-6-11)9(3)5-7/h2-9,12H,1H3;4-5H,1-3H3. The lowest BCUT2D eigenvalue weighted by molar-refractivity contribution is 0.499. The van der Waals surface area contributed by atoms with Crippen molar-refractivity contribution in [1.29, 1.82) is 15.8 Å². The monoisotopic (exact) mass is 425 g/mol. The Kier molecular flexibility index (Phi) is 8.66. The molecule has 0 spiro atoms. The molecular weight excluding hydrogens is 402 g/mol. The number of hydrogen-bond donors (Lipinski definition) is 0. The first kappa shape index (κ1) is 23.8. The lowest BCUT2D eigenvalue weighted by Crippen LogP contribution is -1.96. The van der Waals surface area contributed by atoms with Gasteiger partial charge in [0.15, 0.2) is 0 Å². The average Bonchev–Trinajstić information content (AvgIpc) is 2.78. The summed E-state index contributed by atoms with van der Waals surface area (Å²) in [6.07, 6.45) is 4.97. The Balaban J connectivity index is 0.000000258. The maximum Gasteiger partial charge on any atom is 0.292 e. The fourth-order valence-corrected chi connectivity index (χ4v) is 3.32. The molecular formula is C26H23N3O3. The zero-order chi connectivity index (χ0) is 23.5. The Morgan fingerprint density at radius 1 is 0.625 bits per heavy atom. The topological polar surface area (TPSA) is 99.1 Å². The molecule has 0 amide bonds. The highest BCUT2D eigenvalue weighted by Gasteiger charge is 2.09. The van der Waals surface area contributed by atoms with E-state index in [2.05, 4.69) is 6.92 Å². The van der Waals surface area contributed by atoms with Crippen LogP contribution in [0.15, 0.2) is 60.7 Å². The average molecular weight is 425 g/mol. The lowest BCUT2D eigenvalue weighted by atomic mass is 9.93. The molecule has 32 heavy (non-hydrogen) atoms. The molecule has 0 aliphatic rings. The van der Waals surface area contributed by atoms with Crippen molar-refractivity contribution in [1.82, 2.24) is 0 Å². The van der Waals surface area contributed by atoms with E-state index in [9.17, 15) is 0 Å². The van der Waals surface area contributed by atoms with Gasteiger partial charge in [0.25, 0.3) is 18.8 Å². The second-order valence-electron chi connectivity index (χ2n) is 7.17. The number of benzene rings is 3. The number of aryl methyl sites for hydroxylation is 3. The second-order valence-corrected chi connectivity index (χ2v) is 7.17. The molecule has 6 heteroatoms. The van der Waals surface area contributed by atoms with E-state index in [4.69, 9.17) is 30.0 Å². The van der Waals surface area contributed by atoms with E-state index < -0.39 is 0 Å². The molecule has 6 nitrogen and oxygen atoms in total. The molecule has 0 N–H and O–H groups in total. The molecule has 3 aromatic carbocycles. The number of nitriles is 3. The predicted octanol–water partition coefficient (Wildman–Crippen LogP) is 6.03. The first-order valence-corrected chi connectivity index (χ1v) is 9.85. The molecule has 0 aliphatic carbocycles. The first-order valence-electron chi connectivity index (χ1n) is 9.85. The molecule has 0 heterocycles. The zero-order valence-electron chi connectivity index (χ0n) is 18.4. The summed E-state index contributed by atoms with van der Waals surface area (Å²) in [7, 11) is 0. The SMILES string of the molecule is CC(c1ccc(OC#N)cc1)c1ccc(OC#N)cc1.Cc1cc(C)c(OC#N)c(C)c1. The van der Waals surface area contributed by atoms with Crippen LogP contribution in [0.25, 0.3) is 0 Å². The van der Waals surface area contributed by atoms with Crippen LogP contribution in [0.2, 0.25) is 0 Å². The minimum Gasteiger partial charge on any atom is -0.388 e. The Hall–Kier alpha value is -4.47. The van der Waals surface area contributed by atoms with Gasteiger partial charge >= 0.3 is 0 Å². The quantitative estimate of drug-likeness (QED) is 0.463. The van der Waals surface area contributed by atoms with Crippen molar-refractivity contribution < 1.29 is 14.2 Å². The van der Waals surface area contributed by atoms with Crippen molar-refractivity contribution in [3.05, 3.63) is 88.5 Å². The lowest BCUT2D eigenvalue weighted by Gasteiger charge is -2.13. The van der Waals surface area contributed by atoms with Gasteiger partial charge < -0.3 is 14.2 Å². The number of rotatable bonds is 5. The van der Waals surface area contributed by atoms with E-state index >= 15 is 0 Å². The molecule has 0 saturated carbocycles. The number of hydrogen-bond acceptors (Lipinski definition) is 6. The van der Waals surface area contributed by atoms with Crippen molar-refractivity contribution in [3.63, 3.8) is 0 Å². The summed E-state index contributed by atoms with van der Waals surface area (Å²) < 4.78 is 14.3. The van der Waals surface area contributed by atoms with Crippen LogP contribution >= 0.6 is 0 Å². The Bertz CT molecular complexity index is 1080. The summed E-state index contributed by atoms with van der Waals surface area (Å²) in [5, 5.41) is 25.2. The van der Waals surface area contributed by atoms with Crippen LogP contribution in [0.5, 0.6) is 17.2 Å². The van der Waals surface area contributed by atoms with Crippen LogP contribution in [-0.4, -0.2) is 0 Å². The molecule has 0 atom stereocenters. The largest absolute Gasteiger partial charge is 0.388 e. The van der Waals surface area contributed by atoms with E-state index in [0.29, 0.717) is 17.2 Å². The van der Waals surface area contributed by atoms with Crippen LogP contribution in [0, 0.1) is 55.3 Å². The fourth-order valence-electron chi connectivity index (χ4n) is 3.32. The molecule has 0 radical (unpaired) electrons. The van der Waals surface area contributed by atoms with E-state index in [1.165, 1.54) is 5.56 Å². The maximum atomic E-state index is 8.44. The summed E-state index contributed by atoms with van der Waals surface area (Å²) in [5.41, 5.74) is 5.44. The third-order valence-electron chi connectivity index (χ3n) is 4.84. The van der Waals surface area contributed by atoms with Crippen LogP contribution < -0.4 is 14.2 Å². The molecule has 160 valence electrons. The molecule has 0 fully saturated rings. The highest BCUT2D eigenvalue weighted by molar-refractivity contribution is 5.43. The van der Waals surface area contributed by atoms with Gasteiger partial charge in [-0.3, -0.25) is 0 Å². The third-order valence-corrected chi connectivity index (χ3v) is 4.84. The van der Waals surface area contributed by atoms with Gasteiger partial charge in [0.05, 0.1) is 0 Å². The highest BCUT2D eigenvalue weighted by atomic mass is 16.5. The van der Waals surface area contributed by atoms with Gasteiger partial charge in [-0.05, 0) is 67.3 Å². The van der Waals surface area contributed by atoms with Gasteiger partial charge in [-0.15, -0.1) is 15.8 Å². The minimum absolute atomic E-state index is 0.197. The van der Waals surface area contributed by atoms with Crippen molar-refractivity contribution >= 4 is 0 Å². The maximum absolute atomic E-state index is 8.44. The summed E-state index contributed by atoms with van der Waals surface area (Å²) in [4.78, 5) is 0. The van der Waals surface area contributed by atoms with Gasteiger partial charge in [0.2, 0.25) is 0 Å². The summed E-state index contributed by atoms with van der Waals surface area (Å²) in [5.74, 6) is 1.94. The predicted molar refractivity (Wildman–Crippen MR) is 120 cm³/mol. The Labute approximate surface area is 188 Å². The molecule has 0 unspecified atom stereocenters. The van der Waals surface area contributed by atoms with Crippen molar-refractivity contribution in [2.24, 2.45) is 0 Å². The number of nitrogens with zero attached hydrogens (tertiary/aromatic N) is 3. The van der Waals surface area contributed by atoms with E-state index in [1.54, 1.807) is 43.0 Å². The molecule has 0 aromatic heterocycles. The van der Waals surface area contributed by atoms with Crippen LogP contribution in [-0.2, 0) is 0 Å². The van der Waals surface area contributed by atoms with Crippen molar-refractivity contribution in [3.8, 4) is 36.0 Å². The minimum atomic E-state index is 0.197. The van der Waals surface area contributed by atoms with Crippen LogP contribution in [0.4, 0.5) is 0 Å². The smallest absolute Gasteiger partial charge is 0.292 e. The highest BCUT2D eigenvalue weighted by Crippen LogP contribution is 2.27. The zero-order valence-corrected chi connectivity index (χ0v) is 18.4. The Morgan fingerprint density at radius 3 is 1.34 bits per heavy atom. The van der Waals surface area contributed by atoms with E-state index in [0.717, 1.165) is 22.3 Å². The molecule has 0 aliphatic heterocycles. The molecule has 3 rings (SSSR count). The molecule has 0 bridgehead atoms. The molecule has 0 saturated heterocycles. The van der Waals surface area contributed by atoms with Gasteiger partial charge in [0.1, 0.15) is 17.2 Å². The van der Waals surface area contributed by atoms with Crippen LogP contribution in [0.1, 0.15) is 40.7 Å². The normalized spacial score (nSPS) is 9.44. The fraction of sp³-hybridized carbons (Fsp3) is 0.192. The summed E-state index contributed by atoms with van der Waals surface area (Å²) in [6.45, 7) is 7.98. The number of ether oxygens (including phenoxy) is 3. The second kappa shape index (κ2) is 11.6. The van der Waals surface area contributed by atoms with Gasteiger partial charge in [0, 0.05) is 5.92 Å². The van der Waals surface area contributed by atoms with Crippen LogP contribution in [0.3, 0.4) is 0 Å². The summed E-state index contributed by atoms with van der Waals surface area (Å²) >= 11 is 0. The van der Waals surface area contributed by atoms with Gasteiger partial charge in [-0.25, -0.2) is 0 Å². The molecule has 3 aromatic rings. The summed E-state index contributed by atoms with van der Waals surface area (Å²) in [6, 6.07) is 18.8. The van der Waals surface area contributed by atoms with E-state index in [-0.39, 0.29) is 5.92 Å². The first-order chi connectivity index (χ1) is 15.4. The Morgan fingerprint density at radius 2 is 1.00 bits per heavy atom. The van der Waals surface area contributed by atoms with Gasteiger partial charge in [-0.1, -0.05) is 48.9 Å². The van der Waals surface area contributed by atoms with Crippen molar-refractivity contribution in [2.75, 3.05) is 0 Å². The van der Waals surface area contributed by atoms with E-state index in [1.807, 2.05) is 57.2 Å². The van der Waals surface area contributed by atoms with Gasteiger partial charge in [-0.2, -0.15) is 0 Å². The third kappa shape index (κ3) is 6.52.